The molecule has 0 saturated heterocycles. The van der Waals surface area contributed by atoms with E-state index in [1.165, 1.54) is 11.8 Å². The number of hydrogen-bond donors (Lipinski definition) is 1. The van der Waals surface area contributed by atoms with Crippen LogP contribution in [0.2, 0.25) is 5.02 Å². The number of anilines is 1. The number of amides is 1. The van der Waals surface area contributed by atoms with E-state index in [0.29, 0.717) is 27.3 Å². The number of thioether (sulfide) groups is 1. The molecule has 7 nitrogen and oxygen atoms in total. The van der Waals surface area contributed by atoms with Crippen molar-refractivity contribution < 1.29 is 4.79 Å². The third-order valence-corrected chi connectivity index (χ3v) is 5.70. The second-order valence-electron chi connectivity index (χ2n) is 6.05. The van der Waals surface area contributed by atoms with Crippen LogP contribution in [0, 0.1) is 0 Å². The van der Waals surface area contributed by atoms with E-state index in [0.717, 1.165) is 10.2 Å². The maximum absolute atomic E-state index is 12.9. The Balaban J connectivity index is 1.65. The van der Waals surface area contributed by atoms with E-state index in [1.807, 2.05) is 24.3 Å². The van der Waals surface area contributed by atoms with Crippen LogP contribution in [-0.2, 0) is 5.75 Å². The molecule has 30 heavy (non-hydrogen) atoms. The third-order valence-electron chi connectivity index (χ3n) is 4.03. The summed E-state index contributed by atoms with van der Waals surface area (Å²) >= 11 is 10.7. The summed E-state index contributed by atoms with van der Waals surface area (Å²) in [4.78, 5) is 21.4. The van der Waals surface area contributed by atoms with E-state index in [9.17, 15) is 4.79 Å². The average Bonchev–Trinajstić information content (AvgIpc) is 3.19. The van der Waals surface area contributed by atoms with Crippen LogP contribution in [0.15, 0.2) is 76.6 Å². The number of nitrogens with zero attached hydrogens (tertiary/aromatic N) is 5. The molecule has 1 N–H and O–H groups in total. The van der Waals surface area contributed by atoms with Gasteiger partial charge >= 0.3 is 0 Å². The van der Waals surface area contributed by atoms with E-state index in [4.69, 9.17) is 11.6 Å². The number of rotatable bonds is 6. The average molecular weight is 502 g/mol. The van der Waals surface area contributed by atoms with Gasteiger partial charge < -0.3 is 5.32 Å². The summed E-state index contributed by atoms with van der Waals surface area (Å²) in [5, 5.41) is 12.4. The molecule has 0 aliphatic carbocycles. The van der Waals surface area contributed by atoms with Crippen LogP contribution in [0.25, 0.3) is 5.69 Å². The normalized spacial score (nSPS) is 10.7. The van der Waals surface area contributed by atoms with Crippen molar-refractivity contribution in [3.8, 4) is 5.69 Å². The van der Waals surface area contributed by atoms with Gasteiger partial charge in [0.2, 0.25) is 0 Å². The SMILES string of the molecule is O=C(Nc1ccc(Cl)cc1)c1nnn(-c2ccc(Br)cc2)c1CSc1ncccn1. The van der Waals surface area contributed by atoms with Crippen molar-refractivity contribution in [2.45, 2.75) is 10.9 Å². The molecule has 0 unspecified atom stereocenters. The molecule has 4 aromatic rings. The maximum atomic E-state index is 12.9. The third kappa shape index (κ3) is 4.86. The number of aromatic nitrogens is 5. The van der Waals surface area contributed by atoms with Gasteiger partial charge in [-0.2, -0.15) is 0 Å². The molecule has 150 valence electrons. The van der Waals surface area contributed by atoms with Crippen LogP contribution >= 0.6 is 39.3 Å². The molecule has 0 saturated carbocycles. The molecule has 2 heterocycles. The minimum Gasteiger partial charge on any atom is -0.321 e. The van der Waals surface area contributed by atoms with Gasteiger partial charge in [0.25, 0.3) is 5.91 Å². The minimum atomic E-state index is -0.356. The van der Waals surface area contributed by atoms with Crippen LogP contribution in [0.4, 0.5) is 5.69 Å². The standard InChI is InChI=1S/C20H14BrClN6OS/c21-13-2-8-16(9-3-13)28-17(12-30-20-23-10-1-11-24-20)18(26-27-28)19(29)25-15-6-4-14(22)5-7-15/h1-11H,12H2,(H,25,29). The second kappa shape index (κ2) is 9.38. The molecular weight excluding hydrogens is 488 g/mol. The highest BCUT2D eigenvalue weighted by Crippen LogP contribution is 2.24. The summed E-state index contributed by atoms with van der Waals surface area (Å²) in [6.07, 6.45) is 3.35. The van der Waals surface area contributed by atoms with Crippen molar-refractivity contribution in [1.29, 1.82) is 0 Å². The van der Waals surface area contributed by atoms with Crippen LogP contribution in [0.3, 0.4) is 0 Å². The predicted molar refractivity (Wildman–Crippen MR) is 120 cm³/mol. The Hall–Kier alpha value is -2.75. The molecule has 0 spiro atoms. The first-order valence-electron chi connectivity index (χ1n) is 8.77. The summed E-state index contributed by atoms with van der Waals surface area (Å²) in [5.74, 6) is 0.0569. The van der Waals surface area contributed by atoms with Gasteiger partial charge in [0.15, 0.2) is 10.9 Å². The highest BCUT2D eigenvalue weighted by molar-refractivity contribution is 9.10. The van der Waals surface area contributed by atoms with Gasteiger partial charge in [0, 0.05) is 33.3 Å². The molecule has 0 bridgehead atoms. The summed E-state index contributed by atoms with van der Waals surface area (Å²) < 4.78 is 2.60. The van der Waals surface area contributed by atoms with Crippen molar-refractivity contribution in [1.82, 2.24) is 25.0 Å². The van der Waals surface area contributed by atoms with Gasteiger partial charge in [-0.1, -0.05) is 44.5 Å². The molecule has 2 aromatic carbocycles. The predicted octanol–water partition coefficient (Wildman–Crippen LogP) is 5.02. The lowest BCUT2D eigenvalue weighted by molar-refractivity contribution is 0.102. The van der Waals surface area contributed by atoms with Crippen molar-refractivity contribution in [2.75, 3.05) is 5.32 Å². The largest absolute Gasteiger partial charge is 0.321 e. The van der Waals surface area contributed by atoms with Gasteiger partial charge in [-0.05, 0) is 54.6 Å². The van der Waals surface area contributed by atoms with Crippen LogP contribution in [-0.4, -0.2) is 30.9 Å². The molecule has 0 aliphatic heterocycles. The van der Waals surface area contributed by atoms with Crippen molar-refractivity contribution in [3.63, 3.8) is 0 Å². The molecule has 0 fully saturated rings. The van der Waals surface area contributed by atoms with Crippen LogP contribution in [0.1, 0.15) is 16.2 Å². The van der Waals surface area contributed by atoms with E-state index in [1.54, 1.807) is 47.4 Å². The molecule has 2 aromatic heterocycles. The van der Waals surface area contributed by atoms with E-state index in [-0.39, 0.29) is 11.6 Å². The topological polar surface area (TPSA) is 85.6 Å². The number of nitrogens with one attached hydrogen (secondary N) is 1. The summed E-state index contributed by atoms with van der Waals surface area (Å²) in [6.45, 7) is 0. The number of benzene rings is 2. The van der Waals surface area contributed by atoms with Crippen LogP contribution in [0.5, 0.6) is 0 Å². The Bertz CT molecular complexity index is 1150. The summed E-state index contributed by atoms with van der Waals surface area (Å²) in [7, 11) is 0. The van der Waals surface area contributed by atoms with Crippen LogP contribution < -0.4 is 5.32 Å². The molecule has 1 amide bonds. The van der Waals surface area contributed by atoms with Crippen molar-refractivity contribution in [2.24, 2.45) is 0 Å². The second-order valence-corrected chi connectivity index (χ2v) is 8.35. The fraction of sp³-hybridized carbons (Fsp3) is 0.0500. The zero-order chi connectivity index (χ0) is 20.9. The van der Waals surface area contributed by atoms with Gasteiger partial charge in [0.05, 0.1) is 11.4 Å². The number of halogens is 2. The Morgan fingerprint density at radius 3 is 2.47 bits per heavy atom. The zero-order valence-electron chi connectivity index (χ0n) is 15.4. The van der Waals surface area contributed by atoms with Gasteiger partial charge in [-0.25, -0.2) is 14.6 Å². The first-order valence-corrected chi connectivity index (χ1v) is 10.9. The quantitative estimate of drug-likeness (QED) is 0.295. The smallest absolute Gasteiger partial charge is 0.278 e. The molecule has 4 rings (SSSR count). The first-order chi connectivity index (χ1) is 14.6. The van der Waals surface area contributed by atoms with Crippen molar-refractivity contribution >= 4 is 50.9 Å². The first kappa shape index (κ1) is 20.5. The highest BCUT2D eigenvalue weighted by atomic mass is 79.9. The molecular formula is C20H14BrClN6OS. The van der Waals surface area contributed by atoms with Crippen molar-refractivity contribution in [3.05, 3.63) is 87.9 Å². The summed E-state index contributed by atoms with van der Waals surface area (Å²) in [6, 6.07) is 16.2. The Morgan fingerprint density at radius 1 is 1.07 bits per heavy atom. The monoisotopic (exact) mass is 500 g/mol. The van der Waals surface area contributed by atoms with Gasteiger partial charge in [-0.15, -0.1) is 5.10 Å². The van der Waals surface area contributed by atoms with E-state index in [2.05, 4.69) is 41.5 Å². The zero-order valence-corrected chi connectivity index (χ0v) is 18.5. The number of carbonyl (C=O) groups is 1. The summed E-state index contributed by atoms with van der Waals surface area (Å²) in [5.41, 5.74) is 2.28. The Morgan fingerprint density at radius 2 is 1.77 bits per heavy atom. The number of hydrogen-bond acceptors (Lipinski definition) is 6. The molecule has 0 atom stereocenters. The Kier molecular flexibility index (Phi) is 6.41. The van der Waals surface area contributed by atoms with E-state index >= 15 is 0 Å². The lowest BCUT2D eigenvalue weighted by Gasteiger charge is -2.08. The number of carbonyl (C=O) groups excluding carboxylic acids is 1. The lowest BCUT2D eigenvalue weighted by Crippen LogP contribution is -2.15. The molecule has 0 aliphatic rings. The lowest BCUT2D eigenvalue weighted by atomic mass is 10.2. The van der Waals surface area contributed by atoms with Gasteiger partial charge in [-0.3, -0.25) is 4.79 Å². The Labute approximate surface area is 190 Å². The fourth-order valence-corrected chi connectivity index (χ4v) is 3.80. The molecule has 0 radical (unpaired) electrons. The maximum Gasteiger partial charge on any atom is 0.278 e. The fourth-order valence-electron chi connectivity index (χ4n) is 2.61. The van der Waals surface area contributed by atoms with Gasteiger partial charge in [0.1, 0.15) is 0 Å². The molecule has 10 heteroatoms. The minimum absolute atomic E-state index is 0.233. The highest BCUT2D eigenvalue weighted by Gasteiger charge is 2.21. The van der Waals surface area contributed by atoms with E-state index < -0.39 is 0 Å².